The summed E-state index contributed by atoms with van der Waals surface area (Å²) in [6, 6.07) is 9.32. The fourth-order valence-electron chi connectivity index (χ4n) is 2.55. The lowest BCUT2D eigenvalue weighted by molar-refractivity contribution is 0.0894. The van der Waals surface area contributed by atoms with E-state index in [4.69, 9.17) is 18.7 Å². The number of aromatic nitrogens is 4. The van der Waals surface area contributed by atoms with Gasteiger partial charge in [0.05, 0.1) is 13.5 Å². The fourth-order valence-corrected chi connectivity index (χ4v) is 2.55. The molecule has 3 heterocycles. The SMILES string of the molecule is COc1cc(-c2nc(CC3COc4ccccc4O3)no2)nn1C. The van der Waals surface area contributed by atoms with Gasteiger partial charge in [-0.1, -0.05) is 17.3 Å². The summed E-state index contributed by atoms with van der Waals surface area (Å²) < 4.78 is 23.7. The zero-order chi connectivity index (χ0) is 16.5. The van der Waals surface area contributed by atoms with E-state index in [9.17, 15) is 0 Å². The molecule has 1 aromatic carbocycles. The van der Waals surface area contributed by atoms with E-state index in [1.807, 2.05) is 24.3 Å². The van der Waals surface area contributed by atoms with Crippen molar-refractivity contribution in [2.24, 2.45) is 7.05 Å². The Bertz CT molecular complexity index is 857. The number of rotatable bonds is 4. The summed E-state index contributed by atoms with van der Waals surface area (Å²) in [4.78, 5) is 4.37. The van der Waals surface area contributed by atoms with Crippen molar-refractivity contribution >= 4 is 0 Å². The molecule has 1 aliphatic heterocycles. The maximum atomic E-state index is 5.91. The van der Waals surface area contributed by atoms with Crippen LogP contribution in [0.25, 0.3) is 11.6 Å². The molecule has 1 atom stereocenters. The molecule has 8 heteroatoms. The largest absolute Gasteiger partial charge is 0.486 e. The highest BCUT2D eigenvalue weighted by molar-refractivity contribution is 5.48. The highest BCUT2D eigenvalue weighted by Gasteiger charge is 2.23. The summed E-state index contributed by atoms with van der Waals surface area (Å²) >= 11 is 0. The number of nitrogens with zero attached hydrogens (tertiary/aromatic N) is 4. The first-order valence-corrected chi connectivity index (χ1v) is 7.52. The van der Waals surface area contributed by atoms with Crippen molar-refractivity contribution in [1.82, 2.24) is 19.9 Å². The summed E-state index contributed by atoms with van der Waals surface area (Å²) in [5.74, 6) is 2.99. The van der Waals surface area contributed by atoms with Crippen LogP contribution < -0.4 is 14.2 Å². The summed E-state index contributed by atoms with van der Waals surface area (Å²) in [6.45, 7) is 0.443. The van der Waals surface area contributed by atoms with Crippen molar-refractivity contribution in [3.8, 4) is 29.0 Å². The minimum absolute atomic E-state index is 0.163. The Morgan fingerprint density at radius 3 is 2.92 bits per heavy atom. The molecule has 1 unspecified atom stereocenters. The number of hydrogen-bond donors (Lipinski definition) is 0. The first-order valence-electron chi connectivity index (χ1n) is 7.52. The second kappa shape index (κ2) is 5.88. The van der Waals surface area contributed by atoms with Gasteiger partial charge in [-0.15, -0.1) is 0 Å². The molecule has 0 aliphatic carbocycles. The normalized spacial score (nSPS) is 16.2. The molecule has 0 saturated carbocycles. The van der Waals surface area contributed by atoms with Crippen molar-refractivity contribution in [2.45, 2.75) is 12.5 Å². The molecule has 2 aromatic heterocycles. The molecule has 0 radical (unpaired) electrons. The molecule has 0 fully saturated rings. The van der Waals surface area contributed by atoms with E-state index in [2.05, 4.69) is 15.2 Å². The lowest BCUT2D eigenvalue weighted by atomic mass is 10.2. The number of ether oxygens (including phenoxy) is 3. The van der Waals surface area contributed by atoms with Crippen LogP contribution in [0.2, 0.25) is 0 Å². The predicted octanol–water partition coefficient (Wildman–Crippen LogP) is 1.86. The van der Waals surface area contributed by atoms with Crippen molar-refractivity contribution in [1.29, 1.82) is 0 Å². The van der Waals surface area contributed by atoms with Crippen molar-refractivity contribution < 1.29 is 18.7 Å². The quantitative estimate of drug-likeness (QED) is 0.722. The Hall–Kier alpha value is -3.03. The highest BCUT2D eigenvalue weighted by atomic mass is 16.6. The predicted molar refractivity (Wildman–Crippen MR) is 83.1 cm³/mol. The minimum Gasteiger partial charge on any atom is -0.486 e. The van der Waals surface area contributed by atoms with E-state index in [1.54, 1.807) is 24.9 Å². The van der Waals surface area contributed by atoms with Gasteiger partial charge in [0.1, 0.15) is 12.7 Å². The lowest BCUT2D eigenvalue weighted by Crippen LogP contribution is -2.31. The van der Waals surface area contributed by atoms with Gasteiger partial charge in [0.2, 0.25) is 5.88 Å². The molecule has 0 spiro atoms. The minimum atomic E-state index is -0.163. The molecular formula is C16H16N4O4. The van der Waals surface area contributed by atoms with Crippen LogP contribution in [0.3, 0.4) is 0 Å². The number of benzene rings is 1. The van der Waals surface area contributed by atoms with Crippen LogP contribution in [0.5, 0.6) is 17.4 Å². The third-order valence-electron chi connectivity index (χ3n) is 3.71. The Labute approximate surface area is 137 Å². The van der Waals surface area contributed by atoms with E-state index >= 15 is 0 Å². The van der Waals surface area contributed by atoms with Gasteiger partial charge in [-0.25, -0.2) is 4.68 Å². The van der Waals surface area contributed by atoms with Crippen LogP contribution in [0, 0.1) is 0 Å². The molecule has 8 nitrogen and oxygen atoms in total. The number of methoxy groups -OCH3 is 1. The van der Waals surface area contributed by atoms with E-state index in [1.165, 1.54) is 0 Å². The lowest BCUT2D eigenvalue weighted by Gasteiger charge is -2.25. The van der Waals surface area contributed by atoms with Gasteiger partial charge >= 0.3 is 0 Å². The molecule has 24 heavy (non-hydrogen) atoms. The maximum absolute atomic E-state index is 5.91. The van der Waals surface area contributed by atoms with Crippen LogP contribution in [-0.4, -0.2) is 39.7 Å². The van der Waals surface area contributed by atoms with Crippen LogP contribution in [0.1, 0.15) is 5.82 Å². The first kappa shape index (κ1) is 14.6. The number of aryl methyl sites for hydroxylation is 1. The molecule has 0 bridgehead atoms. The zero-order valence-electron chi connectivity index (χ0n) is 13.3. The van der Waals surface area contributed by atoms with Gasteiger partial charge in [0.15, 0.2) is 23.0 Å². The summed E-state index contributed by atoms with van der Waals surface area (Å²) in [5, 5.41) is 8.28. The number of hydrogen-bond acceptors (Lipinski definition) is 7. The van der Waals surface area contributed by atoms with Gasteiger partial charge in [-0.3, -0.25) is 0 Å². The van der Waals surface area contributed by atoms with Crippen molar-refractivity contribution in [2.75, 3.05) is 13.7 Å². The molecule has 4 rings (SSSR count). The first-order chi connectivity index (χ1) is 11.7. The smallest absolute Gasteiger partial charge is 0.278 e. The van der Waals surface area contributed by atoms with Gasteiger partial charge in [0, 0.05) is 13.1 Å². The Balaban J connectivity index is 1.48. The zero-order valence-corrected chi connectivity index (χ0v) is 13.3. The number of fused-ring (bicyclic) bond motifs is 1. The molecule has 0 saturated heterocycles. The fraction of sp³-hybridized carbons (Fsp3) is 0.312. The average Bonchev–Trinajstić information content (AvgIpc) is 3.21. The van der Waals surface area contributed by atoms with Gasteiger partial charge in [0.25, 0.3) is 5.89 Å². The Kier molecular flexibility index (Phi) is 3.56. The molecule has 1 aliphatic rings. The van der Waals surface area contributed by atoms with E-state index in [0.29, 0.717) is 36.3 Å². The van der Waals surface area contributed by atoms with Gasteiger partial charge in [-0.05, 0) is 12.1 Å². The van der Waals surface area contributed by atoms with E-state index < -0.39 is 0 Å². The summed E-state index contributed by atoms with van der Waals surface area (Å²) in [7, 11) is 3.36. The topological polar surface area (TPSA) is 84.4 Å². The Morgan fingerprint density at radius 1 is 1.29 bits per heavy atom. The third kappa shape index (κ3) is 2.66. The Morgan fingerprint density at radius 2 is 2.12 bits per heavy atom. The molecule has 3 aromatic rings. The van der Waals surface area contributed by atoms with E-state index in [-0.39, 0.29) is 6.10 Å². The highest BCUT2D eigenvalue weighted by Crippen LogP contribution is 2.31. The third-order valence-corrected chi connectivity index (χ3v) is 3.71. The molecular weight excluding hydrogens is 312 g/mol. The van der Waals surface area contributed by atoms with Crippen LogP contribution >= 0.6 is 0 Å². The van der Waals surface area contributed by atoms with Crippen molar-refractivity contribution in [3.05, 3.63) is 36.2 Å². The van der Waals surface area contributed by atoms with Gasteiger partial charge in [-0.2, -0.15) is 10.1 Å². The summed E-state index contributed by atoms with van der Waals surface area (Å²) in [6.07, 6.45) is 0.325. The van der Waals surface area contributed by atoms with Crippen LogP contribution in [0.15, 0.2) is 34.9 Å². The van der Waals surface area contributed by atoms with E-state index in [0.717, 1.165) is 11.5 Å². The van der Waals surface area contributed by atoms with Crippen LogP contribution in [-0.2, 0) is 13.5 Å². The molecule has 0 N–H and O–H groups in total. The van der Waals surface area contributed by atoms with Crippen molar-refractivity contribution in [3.63, 3.8) is 0 Å². The average molecular weight is 328 g/mol. The summed E-state index contributed by atoms with van der Waals surface area (Å²) in [5.41, 5.74) is 0.569. The molecule has 0 amide bonds. The van der Waals surface area contributed by atoms with Gasteiger partial charge < -0.3 is 18.7 Å². The number of para-hydroxylation sites is 2. The second-order valence-corrected chi connectivity index (χ2v) is 5.41. The molecule has 124 valence electrons. The standard InChI is InChI=1S/C16H16N4O4/c1-20-15(21-2)8-11(18-20)16-17-14(19-24-16)7-10-9-22-12-5-3-4-6-13(12)23-10/h3-6,8,10H,7,9H2,1-2H3. The second-order valence-electron chi connectivity index (χ2n) is 5.41. The van der Waals surface area contributed by atoms with Crippen LogP contribution in [0.4, 0.5) is 0 Å². The monoisotopic (exact) mass is 328 g/mol. The maximum Gasteiger partial charge on any atom is 0.278 e.